The lowest BCUT2D eigenvalue weighted by molar-refractivity contribution is -0.141. The maximum Gasteiger partial charge on any atom is 0.295 e. The van der Waals surface area contributed by atoms with Crippen molar-refractivity contribution in [3.05, 3.63) is 65.2 Å². The molecule has 1 aliphatic heterocycles. The zero-order chi connectivity index (χ0) is 23.5. The largest absolute Gasteiger partial charge is 0.507 e. The van der Waals surface area contributed by atoms with Gasteiger partial charge in [0.2, 0.25) is 0 Å². The SMILES string of the molecule is COc1ccc(C2/C(=C(/O)c3cccc(OCC(C)C)c3)C(=O)C(=O)N2C2CCCC2)cc1. The fraction of sp³-hybridized carbons (Fsp3) is 0.407. The van der Waals surface area contributed by atoms with Crippen LogP contribution in [-0.4, -0.2) is 41.5 Å². The van der Waals surface area contributed by atoms with Crippen molar-refractivity contribution < 1.29 is 24.2 Å². The summed E-state index contributed by atoms with van der Waals surface area (Å²) in [6, 6.07) is 13.7. The zero-order valence-electron chi connectivity index (χ0n) is 19.4. The second kappa shape index (κ2) is 9.69. The molecule has 0 radical (unpaired) electrons. The topological polar surface area (TPSA) is 76.1 Å². The van der Waals surface area contributed by atoms with Crippen molar-refractivity contribution in [2.75, 3.05) is 13.7 Å². The number of aliphatic hydroxyl groups is 1. The third-order valence-electron chi connectivity index (χ3n) is 6.32. The standard InChI is InChI=1S/C27H31NO5/c1-17(2)16-33-22-10-6-7-19(15-22)25(29)23-24(18-11-13-21(32-3)14-12-18)28(27(31)26(23)30)20-8-4-5-9-20/h6-7,10-15,17,20,24,29H,4-5,8-9,16H2,1-3H3/b25-23-. The van der Waals surface area contributed by atoms with E-state index < -0.39 is 17.7 Å². The Bertz CT molecular complexity index is 1050. The van der Waals surface area contributed by atoms with Crippen molar-refractivity contribution in [3.63, 3.8) is 0 Å². The number of benzene rings is 2. The molecule has 1 unspecified atom stereocenters. The molecule has 174 valence electrons. The minimum Gasteiger partial charge on any atom is -0.507 e. The lowest BCUT2D eigenvalue weighted by atomic mass is 9.94. The highest BCUT2D eigenvalue weighted by atomic mass is 16.5. The number of hydrogen-bond donors (Lipinski definition) is 1. The Hall–Kier alpha value is -3.28. The predicted octanol–water partition coefficient (Wildman–Crippen LogP) is 5.09. The van der Waals surface area contributed by atoms with Crippen molar-refractivity contribution in [2.24, 2.45) is 5.92 Å². The molecular formula is C27H31NO5. The predicted molar refractivity (Wildman–Crippen MR) is 126 cm³/mol. The molecule has 0 spiro atoms. The van der Waals surface area contributed by atoms with Crippen molar-refractivity contribution in [3.8, 4) is 11.5 Å². The number of carbonyl (C=O) groups is 2. The number of likely N-dealkylation sites (tertiary alicyclic amines) is 1. The number of Topliss-reactive ketones (excluding diaryl/α,β-unsaturated/α-hetero) is 1. The lowest BCUT2D eigenvalue weighted by Gasteiger charge is -2.30. The van der Waals surface area contributed by atoms with Crippen LogP contribution in [0.4, 0.5) is 0 Å². The molecule has 1 atom stereocenters. The minimum atomic E-state index is -0.645. The molecule has 1 heterocycles. The van der Waals surface area contributed by atoms with Crippen LogP contribution in [0, 0.1) is 5.92 Å². The number of carbonyl (C=O) groups excluding carboxylic acids is 2. The van der Waals surface area contributed by atoms with Crippen molar-refractivity contribution in [1.82, 2.24) is 4.90 Å². The van der Waals surface area contributed by atoms with Gasteiger partial charge < -0.3 is 19.5 Å². The number of nitrogens with zero attached hydrogens (tertiary/aromatic N) is 1. The Morgan fingerprint density at radius 1 is 1.06 bits per heavy atom. The minimum absolute atomic E-state index is 0.0143. The van der Waals surface area contributed by atoms with Gasteiger partial charge in [-0.3, -0.25) is 9.59 Å². The molecule has 1 amide bonds. The van der Waals surface area contributed by atoms with E-state index in [-0.39, 0.29) is 17.4 Å². The first-order valence-corrected chi connectivity index (χ1v) is 11.6. The zero-order valence-corrected chi connectivity index (χ0v) is 19.4. The van der Waals surface area contributed by atoms with Crippen LogP contribution in [0.25, 0.3) is 5.76 Å². The monoisotopic (exact) mass is 449 g/mol. The molecule has 33 heavy (non-hydrogen) atoms. The number of ether oxygens (including phenoxy) is 2. The molecule has 0 bridgehead atoms. The number of aliphatic hydroxyl groups excluding tert-OH is 1. The van der Waals surface area contributed by atoms with Gasteiger partial charge in [0, 0.05) is 11.6 Å². The van der Waals surface area contributed by atoms with Gasteiger partial charge in [0.05, 0.1) is 25.3 Å². The Kier molecular flexibility index (Phi) is 6.72. The number of rotatable bonds is 7. The average molecular weight is 450 g/mol. The van der Waals surface area contributed by atoms with E-state index in [4.69, 9.17) is 9.47 Å². The first-order valence-electron chi connectivity index (χ1n) is 11.6. The average Bonchev–Trinajstić information content (AvgIpc) is 3.44. The molecule has 2 aromatic carbocycles. The number of hydrogen-bond acceptors (Lipinski definition) is 5. The van der Waals surface area contributed by atoms with E-state index in [9.17, 15) is 14.7 Å². The van der Waals surface area contributed by atoms with E-state index in [1.165, 1.54) is 0 Å². The molecule has 1 aliphatic carbocycles. The van der Waals surface area contributed by atoms with Crippen LogP contribution in [0.5, 0.6) is 11.5 Å². The summed E-state index contributed by atoms with van der Waals surface area (Å²) < 4.78 is 11.1. The normalized spacial score (nSPS) is 20.6. The number of ketones is 1. The van der Waals surface area contributed by atoms with E-state index in [1.807, 2.05) is 30.3 Å². The molecule has 6 nitrogen and oxygen atoms in total. The summed E-state index contributed by atoms with van der Waals surface area (Å²) in [5.41, 5.74) is 1.35. The fourth-order valence-corrected chi connectivity index (χ4v) is 4.67. The molecule has 2 aliphatic rings. The molecule has 2 fully saturated rings. The van der Waals surface area contributed by atoms with Crippen LogP contribution in [0.1, 0.15) is 56.7 Å². The van der Waals surface area contributed by atoms with E-state index in [1.54, 1.807) is 30.2 Å². The van der Waals surface area contributed by atoms with Crippen LogP contribution in [0.15, 0.2) is 54.1 Å². The van der Waals surface area contributed by atoms with Gasteiger partial charge in [-0.15, -0.1) is 0 Å². The summed E-state index contributed by atoms with van der Waals surface area (Å²) in [5, 5.41) is 11.3. The Morgan fingerprint density at radius 2 is 1.76 bits per heavy atom. The van der Waals surface area contributed by atoms with E-state index in [0.29, 0.717) is 29.6 Å². The van der Waals surface area contributed by atoms with Gasteiger partial charge in [-0.1, -0.05) is 51.0 Å². The Balaban J connectivity index is 1.79. The smallest absolute Gasteiger partial charge is 0.295 e. The second-order valence-corrected chi connectivity index (χ2v) is 9.15. The molecule has 2 aromatic rings. The number of methoxy groups -OCH3 is 1. The molecule has 1 saturated carbocycles. The summed E-state index contributed by atoms with van der Waals surface area (Å²) >= 11 is 0. The molecule has 1 N–H and O–H groups in total. The van der Waals surface area contributed by atoms with Gasteiger partial charge in [0.25, 0.3) is 11.7 Å². The van der Waals surface area contributed by atoms with E-state index >= 15 is 0 Å². The molecule has 6 heteroatoms. The molecule has 4 rings (SSSR count). The Morgan fingerprint density at radius 3 is 2.39 bits per heavy atom. The molecule has 1 saturated heterocycles. The maximum atomic E-state index is 13.2. The van der Waals surface area contributed by atoms with Crippen LogP contribution < -0.4 is 9.47 Å². The fourth-order valence-electron chi connectivity index (χ4n) is 4.67. The van der Waals surface area contributed by atoms with Crippen molar-refractivity contribution in [2.45, 2.75) is 51.6 Å². The summed E-state index contributed by atoms with van der Waals surface area (Å²) in [4.78, 5) is 28.1. The van der Waals surface area contributed by atoms with E-state index in [2.05, 4.69) is 13.8 Å². The van der Waals surface area contributed by atoms with Crippen LogP contribution in [0.2, 0.25) is 0 Å². The van der Waals surface area contributed by atoms with Crippen molar-refractivity contribution in [1.29, 1.82) is 0 Å². The van der Waals surface area contributed by atoms with Crippen LogP contribution in [-0.2, 0) is 9.59 Å². The highest BCUT2D eigenvalue weighted by molar-refractivity contribution is 6.46. The third kappa shape index (κ3) is 4.61. The van der Waals surface area contributed by atoms with E-state index in [0.717, 1.165) is 31.2 Å². The van der Waals surface area contributed by atoms with Gasteiger partial charge in [-0.2, -0.15) is 0 Å². The summed E-state index contributed by atoms with van der Waals surface area (Å²) in [7, 11) is 1.59. The first kappa shape index (κ1) is 22.9. The highest BCUT2D eigenvalue weighted by Gasteiger charge is 2.49. The lowest BCUT2D eigenvalue weighted by Crippen LogP contribution is -2.37. The highest BCUT2D eigenvalue weighted by Crippen LogP contribution is 2.43. The van der Waals surface area contributed by atoms with Crippen LogP contribution in [0.3, 0.4) is 0 Å². The molecular weight excluding hydrogens is 418 g/mol. The second-order valence-electron chi connectivity index (χ2n) is 9.15. The van der Waals surface area contributed by atoms with Gasteiger partial charge in [-0.05, 0) is 48.6 Å². The van der Waals surface area contributed by atoms with Gasteiger partial charge in [0.15, 0.2) is 0 Å². The quantitative estimate of drug-likeness (QED) is 0.362. The first-order chi connectivity index (χ1) is 15.9. The van der Waals surface area contributed by atoms with Gasteiger partial charge >= 0.3 is 0 Å². The molecule has 0 aromatic heterocycles. The summed E-state index contributed by atoms with van der Waals surface area (Å²) in [6.07, 6.45) is 3.77. The third-order valence-corrected chi connectivity index (χ3v) is 6.32. The summed E-state index contributed by atoms with van der Waals surface area (Å²) in [5.74, 6) is 0.286. The summed E-state index contributed by atoms with van der Waals surface area (Å²) in [6.45, 7) is 4.66. The van der Waals surface area contributed by atoms with Crippen molar-refractivity contribution >= 4 is 17.4 Å². The van der Waals surface area contributed by atoms with Gasteiger partial charge in [0.1, 0.15) is 17.3 Å². The maximum absolute atomic E-state index is 13.2. The van der Waals surface area contributed by atoms with Gasteiger partial charge in [-0.25, -0.2) is 0 Å². The number of amides is 1. The Labute approximate surface area is 194 Å². The van der Waals surface area contributed by atoms with Crippen LogP contribution >= 0.6 is 0 Å².